The van der Waals surface area contributed by atoms with Crippen molar-refractivity contribution in [2.24, 2.45) is 0 Å². The highest BCUT2D eigenvalue weighted by molar-refractivity contribution is 5.97. The minimum atomic E-state index is -1.08. The highest BCUT2D eigenvalue weighted by Crippen LogP contribution is 2.22. The monoisotopic (exact) mass is 278 g/mol. The average molecular weight is 278 g/mol. The number of carboxylic acids is 1. The molecule has 108 valence electrons. The Hall–Kier alpha value is -2.08. The largest absolute Gasteiger partial charge is 0.480 e. The molecule has 1 aliphatic heterocycles. The highest BCUT2D eigenvalue weighted by atomic mass is 16.4. The SMILES string of the molecule is CN(C)c1ccc(C(=O)N2CC(O)CC2C(=O)O)cc1. The van der Waals surface area contributed by atoms with E-state index in [0.717, 1.165) is 5.69 Å². The lowest BCUT2D eigenvalue weighted by Gasteiger charge is -2.21. The smallest absolute Gasteiger partial charge is 0.326 e. The molecule has 2 unspecified atom stereocenters. The summed E-state index contributed by atoms with van der Waals surface area (Å²) in [4.78, 5) is 26.6. The van der Waals surface area contributed by atoms with E-state index in [4.69, 9.17) is 5.11 Å². The Bertz CT molecular complexity index is 512. The van der Waals surface area contributed by atoms with Crippen LogP contribution in [0.4, 0.5) is 5.69 Å². The molecule has 0 bridgehead atoms. The van der Waals surface area contributed by atoms with Gasteiger partial charge in [0, 0.05) is 38.3 Å². The van der Waals surface area contributed by atoms with E-state index in [0.29, 0.717) is 5.56 Å². The number of carbonyl (C=O) groups excluding carboxylic acids is 1. The maximum Gasteiger partial charge on any atom is 0.326 e. The Morgan fingerprint density at radius 2 is 1.85 bits per heavy atom. The molecule has 1 aromatic carbocycles. The summed E-state index contributed by atoms with van der Waals surface area (Å²) < 4.78 is 0. The van der Waals surface area contributed by atoms with E-state index in [9.17, 15) is 14.7 Å². The van der Waals surface area contributed by atoms with Crippen LogP contribution in [0.15, 0.2) is 24.3 Å². The number of carbonyl (C=O) groups is 2. The number of amides is 1. The van der Waals surface area contributed by atoms with E-state index in [2.05, 4.69) is 0 Å². The molecule has 1 saturated heterocycles. The van der Waals surface area contributed by atoms with Crippen LogP contribution in [0.3, 0.4) is 0 Å². The van der Waals surface area contributed by atoms with Crippen LogP contribution in [0.5, 0.6) is 0 Å². The lowest BCUT2D eigenvalue weighted by atomic mass is 10.1. The summed E-state index contributed by atoms with van der Waals surface area (Å²) in [6.45, 7) is 0.0607. The second kappa shape index (κ2) is 5.50. The van der Waals surface area contributed by atoms with Gasteiger partial charge < -0.3 is 20.0 Å². The van der Waals surface area contributed by atoms with Crippen LogP contribution in [-0.2, 0) is 4.79 Å². The van der Waals surface area contributed by atoms with Gasteiger partial charge in [0.1, 0.15) is 6.04 Å². The molecule has 1 amide bonds. The van der Waals surface area contributed by atoms with Crippen molar-refractivity contribution in [1.82, 2.24) is 4.90 Å². The van der Waals surface area contributed by atoms with E-state index >= 15 is 0 Å². The predicted molar refractivity (Wildman–Crippen MR) is 73.9 cm³/mol. The van der Waals surface area contributed by atoms with Gasteiger partial charge in [0.25, 0.3) is 5.91 Å². The molecule has 1 aromatic rings. The summed E-state index contributed by atoms with van der Waals surface area (Å²) in [5.41, 5.74) is 1.38. The summed E-state index contributed by atoms with van der Waals surface area (Å²) in [5.74, 6) is -1.45. The fourth-order valence-corrected chi connectivity index (χ4v) is 2.34. The first kappa shape index (κ1) is 14.3. The minimum Gasteiger partial charge on any atom is -0.480 e. The Balaban J connectivity index is 2.20. The van der Waals surface area contributed by atoms with Crippen LogP contribution in [0.1, 0.15) is 16.8 Å². The maximum atomic E-state index is 12.3. The number of likely N-dealkylation sites (tertiary alicyclic amines) is 1. The third-order valence-electron chi connectivity index (χ3n) is 3.46. The number of aliphatic hydroxyl groups is 1. The highest BCUT2D eigenvalue weighted by Gasteiger charge is 2.39. The van der Waals surface area contributed by atoms with Crippen molar-refractivity contribution in [2.75, 3.05) is 25.5 Å². The second-order valence-electron chi connectivity index (χ2n) is 5.14. The van der Waals surface area contributed by atoms with Crippen molar-refractivity contribution in [3.63, 3.8) is 0 Å². The first-order valence-electron chi connectivity index (χ1n) is 6.39. The van der Waals surface area contributed by atoms with Crippen LogP contribution in [0, 0.1) is 0 Å². The fourth-order valence-electron chi connectivity index (χ4n) is 2.34. The minimum absolute atomic E-state index is 0.0607. The molecule has 1 fully saturated rings. The van der Waals surface area contributed by atoms with Crippen LogP contribution in [0.25, 0.3) is 0 Å². The third kappa shape index (κ3) is 2.75. The summed E-state index contributed by atoms with van der Waals surface area (Å²) in [7, 11) is 3.79. The summed E-state index contributed by atoms with van der Waals surface area (Å²) >= 11 is 0. The van der Waals surface area contributed by atoms with Crippen LogP contribution >= 0.6 is 0 Å². The van der Waals surface area contributed by atoms with Gasteiger partial charge in [-0.25, -0.2) is 4.79 Å². The van der Waals surface area contributed by atoms with Crippen LogP contribution in [-0.4, -0.2) is 59.8 Å². The number of β-amino-alcohol motifs (C(OH)–C–C–N with tert-alkyl or cyclic N) is 1. The number of hydrogen-bond acceptors (Lipinski definition) is 4. The first-order chi connectivity index (χ1) is 9.40. The zero-order chi connectivity index (χ0) is 14.9. The Kier molecular flexibility index (Phi) is 3.94. The number of carboxylic acid groups (broad SMARTS) is 1. The van der Waals surface area contributed by atoms with Gasteiger partial charge in [0.2, 0.25) is 0 Å². The molecule has 2 atom stereocenters. The molecule has 1 heterocycles. The normalized spacial score (nSPS) is 21.9. The molecule has 2 rings (SSSR count). The molecule has 0 radical (unpaired) electrons. The lowest BCUT2D eigenvalue weighted by molar-refractivity contribution is -0.141. The molecule has 0 aliphatic carbocycles. The average Bonchev–Trinajstić information content (AvgIpc) is 2.80. The van der Waals surface area contributed by atoms with Gasteiger partial charge in [-0.15, -0.1) is 0 Å². The molecule has 2 N–H and O–H groups in total. The molecular formula is C14H18N2O4. The van der Waals surface area contributed by atoms with Crippen molar-refractivity contribution in [3.8, 4) is 0 Å². The number of rotatable bonds is 3. The second-order valence-corrected chi connectivity index (χ2v) is 5.14. The fraction of sp³-hybridized carbons (Fsp3) is 0.429. The number of benzene rings is 1. The third-order valence-corrected chi connectivity index (χ3v) is 3.46. The van der Waals surface area contributed by atoms with Gasteiger partial charge in [0.05, 0.1) is 6.10 Å². The quantitative estimate of drug-likeness (QED) is 0.837. The van der Waals surface area contributed by atoms with E-state index in [-0.39, 0.29) is 18.9 Å². The van der Waals surface area contributed by atoms with E-state index in [1.807, 2.05) is 19.0 Å². The molecule has 0 saturated carbocycles. The van der Waals surface area contributed by atoms with Gasteiger partial charge >= 0.3 is 5.97 Å². The molecule has 0 spiro atoms. The number of hydrogen-bond donors (Lipinski definition) is 2. The molecule has 6 heteroatoms. The molecular weight excluding hydrogens is 260 g/mol. The number of anilines is 1. The number of aliphatic hydroxyl groups excluding tert-OH is 1. The van der Waals surface area contributed by atoms with Gasteiger partial charge in [-0.3, -0.25) is 4.79 Å². The predicted octanol–water partition coefficient (Wildman–Crippen LogP) is 0.413. The zero-order valence-electron chi connectivity index (χ0n) is 11.5. The van der Waals surface area contributed by atoms with Crippen molar-refractivity contribution in [3.05, 3.63) is 29.8 Å². The van der Waals surface area contributed by atoms with E-state index in [1.165, 1.54) is 4.90 Å². The van der Waals surface area contributed by atoms with Crippen molar-refractivity contribution >= 4 is 17.6 Å². The van der Waals surface area contributed by atoms with Crippen molar-refractivity contribution < 1.29 is 19.8 Å². The van der Waals surface area contributed by atoms with E-state index < -0.39 is 18.1 Å². The Morgan fingerprint density at radius 3 is 2.35 bits per heavy atom. The molecule has 0 aromatic heterocycles. The Morgan fingerprint density at radius 1 is 1.25 bits per heavy atom. The summed E-state index contributed by atoms with van der Waals surface area (Å²) in [6.07, 6.45) is -0.697. The van der Waals surface area contributed by atoms with Gasteiger partial charge in [-0.2, -0.15) is 0 Å². The zero-order valence-corrected chi connectivity index (χ0v) is 11.5. The summed E-state index contributed by atoms with van der Waals surface area (Å²) in [5, 5.41) is 18.7. The van der Waals surface area contributed by atoms with Gasteiger partial charge in [0.15, 0.2) is 0 Å². The number of aliphatic carboxylic acids is 1. The van der Waals surface area contributed by atoms with E-state index in [1.54, 1.807) is 24.3 Å². The molecule has 20 heavy (non-hydrogen) atoms. The topological polar surface area (TPSA) is 81.1 Å². The van der Waals surface area contributed by atoms with Gasteiger partial charge in [-0.1, -0.05) is 0 Å². The standard InChI is InChI=1S/C14H18N2O4/c1-15(2)10-5-3-9(4-6-10)13(18)16-8-11(17)7-12(16)14(19)20/h3-6,11-12,17H,7-8H2,1-2H3,(H,19,20). The molecule has 1 aliphatic rings. The maximum absolute atomic E-state index is 12.3. The number of nitrogens with zero attached hydrogens (tertiary/aromatic N) is 2. The summed E-state index contributed by atoms with van der Waals surface area (Å²) in [6, 6.07) is 5.99. The Labute approximate surface area is 117 Å². The van der Waals surface area contributed by atoms with Crippen molar-refractivity contribution in [2.45, 2.75) is 18.6 Å². The van der Waals surface area contributed by atoms with Crippen LogP contribution < -0.4 is 4.90 Å². The lowest BCUT2D eigenvalue weighted by Crippen LogP contribution is -2.40. The first-order valence-corrected chi connectivity index (χ1v) is 6.39. The van der Waals surface area contributed by atoms with Crippen LogP contribution in [0.2, 0.25) is 0 Å². The van der Waals surface area contributed by atoms with Gasteiger partial charge in [-0.05, 0) is 24.3 Å². The molecule has 6 nitrogen and oxygen atoms in total. The van der Waals surface area contributed by atoms with Crippen molar-refractivity contribution in [1.29, 1.82) is 0 Å².